The fourth-order valence-corrected chi connectivity index (χ4v) is 3.25. The van der Waals surface area contributed by atoms with Crippen LogP contribution in [0.1, 0.15) is 6.42 Å². The molecule has 0 atom stereocenters. The van der Waals surface area contributed by atoms with Crippen LogP contribution in [-0.4, -0.2) is 4.98 Å². The van der Waals surface area contributed by atoms with Crippen molar-refractivity contribution in [2.45, 2.75) is 6.42 Å². The summed E-state index contributed by atoms with van der Waals surface area (Å²) in [7, 11) is 0. The van der Waals surface area contributed by atoms with Crippen LogP contribution in [-0.2, 0) is 0 Å². The number of fused-ring (bicyclic) bond motifs is 5. The van der Waals surface area contributed by atoms with Gasteiger partial charge in [-0.1, -0.05) is 30.4 Å². The Hall–Kier alpha value is -2.61. The third-order valence-electron chi connectivity index (χ3n) is 4.21. The highest BCUT2D eigenvalue weighted by molar-refractivity contribution is 6.07. The smallest absolute Gasteiger partial charge is 0.0734 e. The zero-order valence-corrected chi connectivity index (χ0v) is 10.9. The second kappa shape index (κ2) is 3.48. The third-order valence-corrected chi connectivity index (χ3v) is 4.21. The van der Waals surface area contributed by atoms with Gasteiger partial charge in [-0.2, -0.15) is 0 Å². The maximum absolute atomic E-state index is 4.75. The Balaban J connectivity index is 2.00. The summed E-state index contributed by atoms with van der Waals surface area (Å²) in [6.45, 7) is 0. The Morgan fingerprint density at radius 3 is 2.95 bits per heavy atom. The second-order valence-corrected chi connectivity index (χ2v) is 5.36. The van der Waals surface area contributed by atoms with Crippen molar-refractivity contribution < 1.29 is 0 Å². The number of aromatic amines is 1. The lowest BCUT2D eigenvalue weighted by Crippen LogP contribution is -2.22. The number of H-pyrrole nitrogens is 1. The van der Waals surface area contributed by atoms with E-state index in [4.69, 9.17) is 4.99 Å². The molecule has 0 bridgehead atoms. The van der Waals surface area contributed by atoms with Gasteiger partial charge in [-0.05, 0) is 36.3 Å². The largest absolute Gasteiger partial charge is 0.354 e. The van der Waals surface area contributed by atoms with Crippen LogP contribution < -0.4 is 10.6 Å². The van der Waals surface area contributed by atoms with E-state index in [1.165, 1.54) is 32.6 Å². The van der Waals surface area contributed by atoms with E-state index in [9.17, 15) is 0 Å². The molecule has 3 aromatic rings. The Labute approximate surface area is 115 Å². The number of hydrogen-bond acceptors (Lipinski definition) is 1. The van der Waals surface area contributed by atoms with E-state index in [0.717, 1.165) is 17.5 Å². The molecule has 0 spiro atoms. The lowest BCUT2D eigenvalue weighted by Gasteiger charge is -2.03. The molecule has 0 unspecified atom stereocenters. The molecule has 2 aliphatic rings. The van der Waals surface area contributed by atoms with Crippen molar-refractivity contribution in [3.63, 3.8) is 0 Å². The number of benzene rings is 2. The molecule has 0 radical (unpaired) electrons. The van der Waals surface area contributed by atoms with Crippen molar-refractivity contribution in [3.8, 4) is 0 Å². The minimum Gasteiger partial charge on any atom is -0.354 e. The van der Waals surface area contributed by atoms with E-state index in [1.54, 1.807) is 0 Å². The number of nitrogens with zero attached hydrogens (tertiary/aromatic N) is 1. The Kier molecular flexibility index (Phi) is 1.78. The van der Waals surface area contributed by atoms with Crippen molar-refractivity contribution >= 4 is 27.4 Å². The summed E-state index contributed by atoms with van der Waals surface area (Å²) in [5.41, 5.74) is 4.84. The highest BCUT2D eigenvalue weighted by atomic mass is 14.8. The minimum absolute atomic E-state index is 0.982. The van der Waals surface area contributed by atoms with E-state index in [0.29, 0.717) is 0 Å². The Bertz CT molecular complexity index is 1060. The van der Waals surface area contributed by atoms with E-state index in [-0.39, 0.29) is 0 Å². The first kappa shape index (κ1) is 10.2. The molecule has 5 rings (SSSR count). The van der Waals surface area contributed by atoms with Gasteiger partial charge in [-0.3, -0.25) is 0 Å². The summed E-state index contributed by atoms with van der Waals surface area (Å²) >= 11 is 0. The van der Waals surface area contributed by atoms with Crippen LogP contribution >= 0.6 is 0 Å². The molecule has 1 aliphatic carbocycles. The first-order chi connectivity index (χ1) is 9.90. The van der Waals surface area contributed by atoms with Gasteiger partial charge in [-0.25, -0.2) is 4.99 Å². The fourth-order valence-electron chi connectivity index (χ4n) is 3.25. The van der Waals surface area contributed by atoms with Gasteiger partial charge in [0.25, 0.3) is 0 Å². The maximum atomic E-state index is 4.75. The number of rotatable bonds is 0. The first-order valence-electron chi connectivity index (χ1n) is 6.90. The number of aromatic nitrogens is 1. The fraction of sp³-hybridized carbons (Fsp3) is 0.0556. The van der Waals surface area contributed by atoms with Crippen LogP contribution in [0.15, 0.2) is 65.3 Å². The molecular formula is C18H12N2. The molecule has 0 saturated heterocycles. The highest BCUT2D eigenvalue weighted by Gasteiger charge is 2.15. The summed E-state index contributed by atoms with van der Waals surface area (Å²) in [6, 6.07) is 12.9. The summed E-state index contributed by atoms with van der Waals surface area (Å²) in [5, 5.41) is 4.96. The van der Waals surface area contributed by atoms with Crippen LogP contribution in [0.25, 0.3) is 27.4 Å². The van der Waals surface area contributed by atoms with Gasteiger partial charge in [0.1, 0.15) is 0 Å². The standard InChI is InChI=1S/C18H12N2/c1-3-7-15-11(5-1)13-9-14-12-6-2-4-8-16(12)20-18(14)10-17(13)19-15/h1-5,7-10,19H,6H2. The quantitative estimate of drug-likeness (QED) is 0.640. The van der Waals surface area contributed by atoms with Crippen molar-refractivity contribution in [2.75, 3.05) is 0 Å². The number of para-hydroxylation sites is 1. The average Bonchev–Trinajstić information content (AvgIpc) is 3.02. The lowest BCUT2D eigenvalue weighted by molar-refractivity contribution is 1.27. The third kappa shape index (κ3) is 1.21. The molecule has 1 N–H and O–H groups in total. The predicted molar refractivity (Wildman–Crippen MR) is 81.8 cm³/mol. The van der Waals surface area contributed by atoms with Gasteiger partial charge in [-0.15, -0.1) is 0 Å². The van der Waals surface area contributed by atoms with Crippen LogP contribution in [0.4, 0.5) is 0 Å². The second-order valence-electron chi connectivity index (χ2n) is 5.36. The molecule has 0 saturated carbocycles. The molecule has 1 aromatic heterocycles. The highest BCUT2D eigenvalue weighted by Crippen LogP contribution is 2.26. The summed E-state index contributed by atoms with van der Waals surface area (Å²) in [5.74, 6) is 0. The van der Waals surface area contributed by atoms with Crippen LogP contribution in [0, 0.1) is 0 Å². The van der Waals surface area contributed by atoms with Gasteiger partial charge in [0.2, 0.25) is 0 Å². The van der Waals surface area contributed by atoms with Crippen molar-refractivity contribution in [1.29, 1.82) is 0 Å². The van der Waals surface area contributed by atoms with E-state index in [2.05, 4.69) is 59.6 Å². The molecule has 0 amide bonds. The number of nitrogens with one attached hydrogen (secondary N) is 1. The van der Waals surface area contributed by atoms with Gasteiger partial charge >= 0.3 is 0 Å². The molecule has 1 aliphatic heterocycles. The predicted octanol–water partition coefficient (Wildman–Crippen LogP) is 2.95. The molecular weight excluding hydrogens is 244 g/mol. The molecule has 2 nitrogen and oxygen atoms in total. The van der Waals surface area contributed by atoms with Crippen molar-refractivity contribution in [2.24, 2.45) is 4.99 Å². The molecule has 2 heteroatoms. The summed E-state index contributed by atoms with van der Waals surface area (Å²) in [4.78, 5) is 8.23. The number of allylic oxidation sites excluding steroid dienone is 4. The summed E-state index contributed by atoms with van der Waals surface area (Å²) in [6.07, 6.45) is 7.37. The molecule has 2 heterocycles. The summed E-state index contributed by atoms with van der Waals surface area (Å²) < 4.78 is 0. The molecule has 0 fully saturated rings. The molecule has 2 aromatic carbocycles. The van der Waals surface area contributed by atoms with E-state index < -0.39 is 0 Å². The van der Waals surface area contributed by atoms with Gasteiger partial charge in [0.15, 0.2) is 0 Å². The zero-order valence-electron chi connectivity index (χ0n) is 10.9. The minimum atomic E-state index is 0.982. The zero-order chi connectivity index (χ0) is 13.1. The van der Waals surface area contributed by atoms with Crippen molar-refractivity contribution in [1.82, 2.24) is 4.98 Å². The van der Waals surface area contributed by atoms with Crippen LogP contribution in [0.3, 0.4) is 0 Å². The van der Waals surface area contributed by atoms with Crippen LogP contribution in [0.5, 0.6) is 0 Å². The topological polar surface area (TPSA) is 28.1 Å². The maximum Gasteiger partial charge on any atom is 0.0734 e. The van der Waals surface area contributed by atoms with Gasteiger partial charge in [0, 0.05) is 27.0 Å². The lowest BCUT2D eigenvalue weighted by atomic mass is 10.0. The van der Waals surface area contributed by atoms with Crippen molar-refractivity contribution in [3.05, 3.63) is 70.9 Å². The van der Waals surface area contributed by atoms with E-state index >= 15 is 0 Å². The van der Waals surface area contributed by atoms with E-state index in [1.807, 2.05) is 0 Å². The Morgan fingerprint density at radius 2 is 1.95 bits per heavy atom. The van der Waals surface area contributed by atoms with Gasteiger partial charge < -0.3 is 4.98 Å². The van der Waals surface area contributed by atoms with Crippen LogP contribution in [0.2, 0.25) is 0 Å². The monoisotopic (exact) mass is 256 g/mol. The number of hydrogen-bond donors (Lipinski definition) is 1. The SMILES string of the molecule is C1=CCC2=c3cc4c(cc3=NC2=C1)[nH]c1ccccc14. The first-order valence-corrected chi connectivity index (χ1v) is 6.90. The normalized spacial score (nSPS) is 16.2. The Morgan fingerprint density at radius 1 is 1.00 bits per heavy atom. The average molecular weight is 256 g/mol. The van der Waals surface area contributed by atoms with Gasteiger partial charge in [0.05, 0.1) is 11.1 Å². The molecule has 94 valence electrons. The molecule has 20 heavy (non-hydrogen) atoms.